The van der Waals surface area contributed by atoms with Gasteiger partial charge in [0.05, 0.1) is 19.1 Å². The van der Waals surface area contributed by atoms with Crippen molar-refractivity contribution in [1.29, 1.82) is 0 Å². The van der Waals surface area contributed by atoms with Gasteiger partial charge in [-0.05, 0) is 12.0 Å². The van der Waals surface area contributed by atoms with Crippen LogP contribution in [0.15, 0.2) is 18.5 Å². The molecule has 29 heavy (non-hydrogen) atoms. The first kappa shape index (κ1) is 20.7. The maximum absolute atomic E-state index is 14.6. The van der Waals surface area contributed by atoms with Crippen molar-refractivity contribution >= 4 is 12.0 Å². The smallest absolute Gasteiger partial charge is 0.328 e. The molecule has 1 aromatic heterocycles. The third-order valence-corrected chi connectivity index (χ3v) is 4.95. The number of H-pyrrole nitrogens is 1. The fourth-order valence-electron chi connectivity index (χ4n) is 3.40. The van der Waals surface area contributed by atoms with E-state index >= 15 is 0 Å². The minimum Gasteiger partial charge on any atom is -0.467 e. The van der Waals surface area contributed by atoms with Crippen molar-refractivity contribution in [3.05, 3.63) is 52.9 Å². The highest BCUT2D eigenvalue weighted by molar-refractivity contribution is 5.84. The zero-order valence-electron chi connectivity index (χ0n) is 16.1. The molecule has 1 aliphatic heterocycles. The molecule has 1 aromatic carbocycles. The molecule has 156 valence electrons. The number of ether oxygens (including phenoxy) is 1. The highest BCUT2D eigenvalue weighted by Crippen LogP contribution is 2.35. The maximum Gasteiger partial charge on any atom is 0.328 e. The molecule has 0 aliphatic carbocycles. The van der Waals surface area contributed by atoms with Crippen molar-refractivity contribution < 1.29 is 27.5 Å². The summed E-state index contributed by atoms with van der Waals surface area (Å²) in [5.41, 5.74) is 0.762. The number of hydrogen-bond donors (Lipinski definition) is 2. The fraction of sp³-hybridized carbons (Fsp3) is 0.421. The maximum atomic E-state index is 14.6. The van der Waals surface area contributed by atoms with Crippen molar-refractivity contribution in [2.75, 3.05) is 13.7 Å². The summed E-state index contributed by atoms with van der Waals surface area (Å²) in [7, 11) is 1.21. The molecule has 7 nitrogen and oxygen atoms in total. The van der Waals surface area contributed by atoms with Crippen molar-refractivity contribution in [3.8, 4) is 0 Å². The zero-order chi connectivity index (χ0) is 21.3. The van der Waals surface area contributed by atoms with Gasteiger partial charge >= 0.3 is 12.0 Å². The largest absolute Gasteiger partial charge is 0.467 e. The SMILES string of the molecule is COC(=O)[C@@H](NC(=O)N1CCc2[nH]cnc2[C@H]1c1ccc(F)c(F)c1F)C(C)C. The molecule has 0 radical (unpaired) electrons. The molecule has 0 unspecified atom stereocenters. The molecule has 0 fully saturated rings. The first-order valence-corrected chi connectivity index (χ1v) is 9.06. The third kappa shape index (κ3) is 3.79. The lowest BCUT2D eigenvalue weighted by molar-refractivity contribution is -0.144. The highest BCUT2D eigenvalue weighted by Gasteiger charge is 2.38. The van der Waals surface area contributed by atoms with Crippen LogP contribution in [-0.4, -0.2) is 46.6 Å². The van der Waals surface area contributed by atoms with Crippen LogP contribution in [0.4, 0.5) is 18.0 Å². The molecule has 0 saturated carbocycles. The van der Waals surface area contributed by atoms with Gasteiger partial charge in [0.25, 0.3) is 0 Å². The second kappa shape index (κ2) is 8.14. The summed E-state index contributed by atoms with van der Waals surface area (Å²) >= 11 is 0. The van der Waals surface area contributed by atoms with E-state index in [1.54, 1.807) is 13.8 Å². The summed E-state index contributed by atoms with van der Waals surface area (Å²) in [6.45, 7) is 3.61. The van der Waals surface area contributed by atoms with Gasteiger partial charge in [0.2, 0.25) is 0 Å². The lowest BCUT2D eigenvalue weighted by Crippen LogP contribution is -2.53. The number of imidazole rings is 1. The second-order valence-corrected chi connectivity index (χ2v) is 7.07. The normalized spacial score (nSPS) is 17.1. The molecule has 10 heteroatoms. The van der Waals surface area contributed by atoms with Crippen LogP contribution in [-0.2, 0) is 16.0 Å². The molecule has 0 saturated heterocycles. The number of methoxy groups -OCH3 is 1. The van der Waals surface area contributed by atoms with Gasteiger partial charge in [-0.1, -0.05) is 19.9 Å². The molecular weight excluding hydrogens is 389 g/mol. The number of nitrogens with zero attached hydrogens (tertiary/aromatic N) is 2. The van der Waals surface area contributed by atoms with E-state index in [1.807, 2.05) is 0 Å². The summed E-state index contributed by atoms with van der Waals surface area (Å²) in [5.74, 6) is -5.24. The van der Waals surface area contributed by atoms with E-state index in [0.29, 0.717) is 17.8 Å². The number of carbonyl (C=O) groups excluding carboxylic acids is 2. The molecule has 0 bridgehead atoms. The number of urea groups is 1. The van der Waals surface area contributed by atoms with Crippen LogP contribution < -0.4 is 5.32 Å². The monoisotopic (exact) mass is 410 g/mol. The fourth-order valence-corrected chi connectivity index (χ4v) is 3.40. The summed E-state index contributed by atoms with van der Waals surface area (Å²) in [6.07, 6.45) is 1.79. The Morgan fingerprint density at radius 3 is 2.66 bits per heavy atom. The van der Waals surface area contributed by atoms with Gasteiger partial charge in [0, 0.05) is 24.2 Å². The first-order valence-electron chi connectivity index (χ1n) is 9.06. The van der Waals surface area contributed by atoms with Gasteiger partial charge in [0.1, 0.15) is 12.1 Å². The van der Waals surface area contributed by atoms with Gasteiger partial charge in [-0.2, -0.15) is 0 Å². The second-order valence-electron chi connectivity index (χ2n) is 7.07. The number of fused-ring (bicyclic) bond motifs is 1. The van der Waals surface area contributed by atoms with E-state index in [4.69, 9.17) is 4.74 Å². The van der Waals surface area contributed by atoms with E-state index in [0.717, 1.165) is 12.1 Å². The van der Waals surface area contributed by atoms with Crippen molar-refractivity contribution in [2.24, 2.45) is 5.92 Å². The number of nitrogens with one attached hydrogen (secondary N) is 2. The van der Waals surface area contributed by atoms with E-state index < -0.39 is 41.5 Å². The van der Waals surface area contributed by atoms with Crippen LogP contribution >= 0.6 is 0 Å². The minimum absolute atomic E-state index is 0.149. The number of hydrogen-bond acceptors (Lipinski definition) is 4. The Morgan fingerprint density at radius 1 is 1.28 bits per heavy atom. The van der Waals surface area contributed by atoms with Crippen molar-refractivity contribution in [1.82, 2.24) is 20.2 Å². The van der Waals surface area contributed by atoms with Gasteiger partial charge in [-0.25, -0.2) is 27.7 Å². The molecule has 2 atom stereocenters. The van der Waals surface area contributed by atoms with E-state index in [9.17, 15) is 22.8 Å². The van der Waals surface area contributed by atoms with Crippen LogP contribution in [0.5, 0.6) is 0 Å². The zero-order valence-corrected chi connectivity index (χ0v) is 16.1. The van der Waals surface area contributed by atoms with Crippen LogP contribution in [0.25, 0.3) is 0 Å². The summed E-state index contributed by atoms with van der Waals surface area (Å²) in [4.78, 5) is 33.3. The predicted octanol–water partition coefficient (Wildman–Crippen LogP) is 2.68. The van der Waals surface area contributed by atoms with E-state index in [2.05, 4.69) is 15.3 Å². The van der Waals surface area contributed by atoms with Crippen LogP contribution in [0.1, 0.15) is 36.8 Å². The summed E-state index contributed by atoms with van der Waals surface area (Å²) in [5, 5.41) is 2.59. The molecular formula is C19H21F3N4O3. The summed E-state index contributed by atoms with van der Waals surface area (Å²) < 4.78 is 46.6. The Bertz CT molecular complexity index is 931. The topological polar surface area (TPSA) is 87.3 Å². The quantitative estimate of drug-likeness (QED) is 0.599. The van der Waals surface area contributed by atoms with Gasteiger partial charge in [-0.15, -0.1) is 0 Å². The number of amides is 2. The lowest BCUT2D eigenvalue weighted by Gasteiger charge is -2.36. The average molecular weight is 410 g/mol. The number of halogens is 3. The molecule has 2 N–H and O–H groups in total. The number of benzene rings is 1. The minimum atomic E-state index is -1.62. The lowest BCUT2D eigenvalue weighted by atomic mass is 9.95. The molecule has 2 aromatic rings. The Labute approximate surface area is 165 Å². The molecule has 2 amide bonds. The Hall–Kier alpha value is -3.04. The van der Waals surface area contributed by atoms with Crippen LogP contribution in [0.3, 0.4) is 0 Å². The average Bonchev–Trinajstić information content (AvgIpc) is 3.18. The number of aromatic nitrogens is 2. The summed E-state index contributed by atoms with van der Waals surface area (Å²) in [6, 6.07) is -0.801. The Balaban J connectivity index is 2.00. The molecule has 2 heterocycles. The van der Waals surface area contributed by atoms with Crippen LogP contribution in [0, 0.1) is 23.4 Å². The Kier molecular flexibility index (Phi) is 5.81. The van der Waals surface area contributed by atoms with Crippen LogP contribution in [0.2, 0.25) is 0 Å². The standard InChI is InChI=1S/C19H21F3N4O3/c1-9(2)15(18(27)29-3)25-19(28)26-7-6-12-16(24-8-23-12)17(26)10-4-5-11(20)14(22)13(10)21/h4-5,8-9,15,17H,6-7H2,1-3H3,(H,23,24)(H,25,28)/t15-,17+/m0/s1. The van der Waals surface area contributed by atoms with Gasteiger partial charge < -0.3 is 19.9 Å². The number of rotatable bonds is 4. The number of aromatic amines is 1. The van der Waals surface area contributed by atoms with Crippen molar-refractivity contribution in [2.45, 2.75) is 32.4 Å². The predicted molar refractivity (Wildman–Crippen MR) is 96.3 cm³/mol. The molecule has 1 aliphatic rings. The number of esters is 1. The van der Waals surface area contributed by atoms with Crippen molar-refractivity contribution in [3.63, 3.8) is 0 Å². The molecule has 0 spiro atoms. The third-order valence-electron chi connectivity index (χ3n) is 4.95. The van der Waals surface area contributed by atoms with Gasteiger partial charge in [0.15, 0.2) is 17.5 Å². The van der Waals surface area contributed by atoms with E-state index in [1.165, 1.54) is 18.3 Å². The molecule has 3 rings (SSSR count). The Morgan fingerprint density at radius 2 is 2.00 bits per heavy atom. The first-order chi connectivity index (χ1) is 13.8. The van der Waals surface area contributed by atoms with E-state index in [-0.39, 0.29) is 18.0 Å². The number of carbonyl (C=O) groups is 2. The highest BCUT2D eigenvalue weighted by atomic mass is 19.2. The van der Waals surface area contributed by atoms with Gasteiger partial charge in [-0.3, -0.25) is 0 Å².